The van der Waals surface area contributed by atoms with Crippen LogP contribution in [0.1, 0.15) is 48.9 Å². The van der Waals surface area contributed by atoms with Crippen LogP contribution in [0.4, 0.5) is 0 Å². The van der Waals surface area contributed by atoms with Crippen molar-refractivity contribution in [2.75, 3.05) is 13.6 Å². The molecule has 0 aliphatic carbocycles. The van der Waals surface area contributed by atoms with Crippen LogP contribution in [0.25, 0.3) is 0 Å². The van der Waals surface area contributed by atoms with Crippen LogP contribution < -0.4 is 10.6 Å². The number of nitrogens with zero attached hydrogens (tertiary/aromatic N) is 1. The number of hydrogen-bond acceptors (Lipinski definition) is 4. The topological polar surface area (TPSA) is 98.7 Å². The van der Waals surface area contributed by atoms with Gasteiger partial charge in [-0.1, -0.05) is 38.0 Å². The van der Waals surface area contributed by atoms with E-state index in [4.69, 9.17) is 11.0 Å². The Balaban J connectivity index is 2.58. The van der Waals surface area contributed by atoms with E-state index in [1.54, 1.807) is 0 Å². The summed E-state index contributed by atoms with van der Waals surface area (Å²) < 4.78 is 64.9. The van der Waals surface area contributed by atoms with Crippen molar-refractivity contribution in [2.45, 2.75) is 45.3 Å². The van der Waals surface area contributed by atoms with Gasteiger partial charge >= 0.3 is 0 Å². The van der Waals surface area contributed by atoms with Crippen molar-refractivity contribution >= 4 is 17.7 Å². The van der Waals surface area contributed by atoms with Gasteiger partial charge in [0, 0.05) is 16.3 Å². The molecule has 2 rings (SSSR count). The normalized spacial score (nSPS) is 28.2. The van der Waals surface area contributed by atoms with Crippen molar-refractivity contribution in [3.05, 3.63) is 35.3 Å². The second-order valence-corrected chi connectivity index (χ2v) is 6.19. The summed E-state index contributed by atoms with van der Waals surface area (Å²) in [4.78, 5) is 39.2. The van der Waals surface area contributed by atoms with Gasteiger partial charge < -0.3 is 20.6 Å². The van der Waals surface area contributed by atoms with Gasteiger partial charge in [-0.3, -0.25) is 14.4 Å². The first kappa shape index (κ1) is 11.3. The molecule has 3 amide bonds. The summed E-state index contributed by atoms with van der Waals surface area (Å²) in [6.45, 7) is 3.13. The van der Waals surface area contributed by atoms with Gasteiger partial charge in [0.15, 0.2) is 0 Å². The largest absolute Gasteiger partial charge is 0.383 e. The molecule has 26 heavy (non-hydrogen) atoms. The van der Waals surface area contributed by atoms with Crippen LogP contribution in [-0.2, 0) is 20.8 Å². The fraction of sp³-hybridized carbons (Fsp3) is 0.526. The number of carbonyl (C=O) groups is 3. The van der Waals surface area contributed by atoms with E-state index < -0.39 is 90.0 Å². The van der Waals surface area contributed by atoms with Crippen LogP contribution in [0.15, 0.2) is 24.2 Å². The van der Waals surface area contributed by atoms with Gasteiger partial charge in [0.1, 0.15) is 18.1 Å². The maximum absolute atomic E-state index is 13.1. The second kappa shape index (κ2) is 8.31. The molecule has 0 spiro atoms. The number of carbonyl (C=O) groups excluding carboxylic acids is 3. The first-order chi connectivity index (χ1) is 15.3. The second-order valence-electron chi connectivity index (χ2n) is 6.19. The Morgan fingerprint density at radius 3 is 2.65 bits per heavy atom. The summed E-state index contributed by atoms with van der Waals surface area (Å²) in [6.07, 6.45) is -5.05. The standard InChI is InChI=1S/C19H27N3O4/c1-11(2)16(23)18(25)20-12(3)17(24)21-15-14-8-6-5-7-13(14)9-10-22(4)19(15)26/h5-8,11-12,15-16,23H,9-10H2,1-4H3,(H,20,25)(H,21,24)/t12-,15-,16-/m0/s1/i5D,6D,7D,8D,9D2,12D,16D. The highest BCUT2D eigenvalue weighted by molar-refractivity contribution is 5.93. The fourth-order valence-corrected chi connectivity index (χ4v) is 2.22. The molecule has 1 aromatic carbocycles. The summed E-state index contributed by atoms with van der Waals surface area (Å²) >= 11 is 0. The van der Waals surface area contributed by atoms with Crippen LogP contribution in [-0.4, -0.2) is 53.4 Å². The van der Waals surface area contributed by atoms with Crippen LogP contribution >= 0.6 is 0 Å². The van der Waals surface area contributed by atoms with E-state index in [1.165, 1.54) is 20.9 Å². The number of rotatable bonds is 5. The Hall–Kier alpha value is -2.41. The molecule has 0 saturated heterocycles. The van der Waals surface area contributed by atoms with E-state index in [-0.39, 0.29) is 0 Å². The van der Waals surface area contributed by atoms with Crippen molar-refractivity contribution in [1.29, 1.82) is 0 Å². The van der Waals surface area contributed by atoms with Gasteiger partial charge in [0.2, 0.25) is 17.7 Å². The zero-order valence-electron chi connectivity index (χ0n) is 23.0. The average molecular weight is 369 g/mol. The smallest absolute Gasteiger partial charge is 0.249 e. The summed E-state index contributed by atoms with van der Waals surface area (Å²) in [7, 11) is 1.23. The minimum Gasteiger partial charge on any atom is -0.383 e. The Morgan fingerprint density at radius 2 is 2.00 bits per heavy atom. The summed E-state index contributed by atoms with van der Waals surface area (Å²) in [5, 5.41) is 14.1. The summed E-state index contributed by atoms with van der Waals surface area (Å²) in [6, 6.07) is -7.19. The third-order valence-corrected chi connectivity index (χ3v) is 3.82. The highest BCUT2D eigenvalue weighted by Gasteiger charge is 2.32. The average Bonchev–Trinajstić information content (AvgIpc) is 2.77. The molecule has 1 heterocycles. The van der Waals surface area contributed by atoms with Crippen molar-refractivity contribution in [1.82, 2.24) is 15.5 Å². The molecule has 7 heteroatoms. The van der Waals surface area contributed by atoms with E-state index in [2.05, 4.69) is 5.32 Å². The van der Waals surface area contributed by atoms with Crippen LogP contribution in [0.2, 0.25) is 0 Å². The third-order valence-electron chi connectivity index (χ3n) is 3.82. The summed E-state index contributed by atoms with van der Waals surface area (Å²) in [5.74, 6) is -4.40. The maximum Gasteiger partial charge on any atom is 0.249 e. The highest BCUT2D eigenvalue weighted by Crippen LogP contribution is 2.24. The lowest BCUT2D eigenvalue weighted by atomic mass is 9.99. The molecular weight excluding hydrogens is 334 g/mol. The third kappa shape index (κ3) is 4.40. The highest BCUT2D eigenvalue weighted by atomic mass is 16.3. The predicted molar refractivity (Wildman–Crippen MR) is 97.1 cm³/mol. The quantitative estimate of drug-likeness (QED) is 0.699. The number of amides is 3. The lowest BCUT2D eigenvalue weighted by Gasteiger charge is -2.24. The monoisotopic (exact) mass is 369 g/mol. The zero-order valence-corrected chi connectivity index (χ0v) is 15.0. The molecule has 0 aromatic heterocycles. The van der Waals surface area contributed by atoms with Crippen LogP contribution in [0.3, 0.4) is 0 Å². The fourth-order valence-electron chi connectivity index (χ4n) is 2.22. The minimum atomic E-state index is -2.65. The Labute approximate surface area is 165 Å². The van der Waals surface area contributed by atoms with Gasteiger partial charge in [-0.25, -0.2) is 0 Å². The molecule has 0 fully saturated rings. The lowest BCUT2D eigenvalue weighted by molar-refractivity contribution is -0.137. The Bertz CT molecular complexity index is 1050. The molecule has 1 aliphatic rings. The van der Waals surface area contributed by atoms with Gasteiger partial charge in [-0.05, 0) is 30.3 Å². The predicted octanol–water partition coefficient (Wildman–Crippen LogP) is 0.380. The van der Waals surface area contributed by atoms with Crippen LogP contribution in [0.5, 0.6) is 0 Å². The summed E-state index contributed by atoms with van der Waals surface area (Å²) in [5.41, 5.74) is -0.988. The van der Waals surface area contributed by atoms with Crippen LogP contribution in [0, 0.1) is 5.92 Å². The molecule has 0 unspecified atom stereocenters. The minimum absolute atomic E-state index is 0.486. The lowest BCUT2D eigenvalue weighted by Crippen LogP contribution is -2.51. The number of hydrogen-bond donors (Lipinski definition) is 3. The van der Waals surface area contributed by atoms with E-state index in [0.29, 0.717) is 0 Å². The molecule has 0 bridgehead atoms. The zero-order chi connectivity index (χ0) is 26.5. The molecule has 0 saturated carbocycles. The first-order valence-electron chi connectivity index (χ1n) is 12.0. The van der Waals surface area contributed by atoms with Gasteiger partial charge in [-0.2, -0.15) is 0 Å². The van der Waals surface area contributed by atoms with Crippen molar-refractivity contribution in [2.24, 2.45) is 5.92 Å². The van der Waals surface area contributed by atoms with Crippen molar-refractivity contribution in [3.8, 4) is 0 Å². The molecule has 142 valence electrons. The van der Waals surface area contributed by atoms with E-state index in [0.717, 1.165) is 11.8 Å². The van der Waals surface area contributed by atoms with Crippen molar-refractivity contribution in [3.63, 3.8) is 0 Å². The molecule has 0 radical (unpaired) electrons. The Morgan fingerprint density at radius 1 is 1.35 bits per heavy atom. The first-order valence-corrected chi connectivity index (χ1v) is 7.99. The van der Waals surface area contributed by atoms with Gasteiger partial charge in [-0.15, -0.1) is 0 Å². The molecule has 3 atom stereocenters. The molecule has 7 nitrogen and oxygen atoms in total. The van der Waals surface area contributed by atoms with Crippen molar-refractivity contribution < 1.29 is 30.5 Å². The number of likely N-dealkylation sites (N-methyl/N-ethyl adjacent to an activating group) is 1. The number of benzene rings is 1. The van der Waals surface area contributed by atoms with E-state index in [9.17, 15) is 19.5 Å². The Kier molecular flexibility index (Phi) is 3.62. The number of fused-ring (bicyclic) bond motifs is 1. The van der Waals surface area contributed by atoms with E-state index >= 15 is 0 Å². The molecule has 3 N–H and O–H groups in total. The number of aliphatic hydroxyl groups is 1. The van der Waals surface area contributed by atoms with Gasteiger partial charge in [0.05, 0.1) is 8.22 Å². The van der Waals surface area contributed by atoms with E-state index in [1.807, 2.05) is 5.32 Å². The maximum atomic E-state index is 13.1. The molecule has 1 aromatic rings. The van der Waals surface area contributed by atoms with Gasteiger partial charge in [0.25, 0.3) is 0 Å². The SMILES string of the molecule is [2H]c1c([2H])c([2H])c2c(c1[2H])[C@H](NC(=O)[C@]([2H])(C)NC(=O)[C@@]([2H])(O)C(C)C)C(=O)N(C)CC2([2H])[2H]. The molecular formula is C19H27N3O4. The molecule has 1 aliphatic heterocycles. The number of nitrogens with one attached hydrogen (secondary N) is 2.